The Bertz CT molecular complexity index is 400. The molecule has 0 spiro atoms. The fourth-order valence-corrected chi connectivity index (χ4v) is 1.30. The van der Waals surface area contributed by atoms with E-state index in [1.807, 2.05) is 6.92 Å². The molecule has 4 nitrogen and oxygen atoms in total. The van der Waals surface area contributed by atoms with E-state index in [1.54, 1.807) is 0 Å². The first-order valence-corrected chi connectivity index (χ1v) is 5.42. The zero-order valence-electron chi connectivity index (χ0n) is 10.4. The zero-order chi connectivity index (χ0) is 12.8. The Kier molecular flexibility index (Phi) is 7.31. The molecule has 1 rings (SSSR count). The molecule has 6 heteroatoms. The Hall–Kier alpha value is -1.33. The van der Waals surface area contributed by atoms with E-state index in [0.29, 0.717) is 12.2 Å². The Balaban J connectivity index is 0.00000289. The predicted molar refractivity (Wildman–Crippen MR) is 71.7 cm³/mol. The second-order valence-electron chi connectivity index (χ2n) is 3.91. The molecule has 1 unspecified atom stereocenters. The molecule has 0 aliphatic rings. The van der Waals surface area contributed by atoms with Gasteiger partial charge in [-0.2, -0.15) is 0 Å². The van der Waals surface area contributed by atoms with Gasteiger partial charge in [-0.3, -0.25) is 4.79 Å². The van der Waals surface area contributed by atoms with E-state index in [1.165, 1.54) is 25.3 Å². The number of nitrogens with two attached hydrogens (primary N) is 1. The number of hydrogen-bond acceptors (Lipinski definition) is 3. The van der Waals surface area contributed by atoms with Gasteiger partial charge in [-0.25, -0.2) is 4.39 Å². The predicted octanol–water partition coefficient (Wildman–Crippen LogP) is 2.32. The van der Waals surface area contributed by atoms with Gasteiger partial charge in [-0.15, -0.1) is 12.4 Å². The highest BCUT2D eigenvalue weighted by atomic mass is 35.5. The van der Waals surface area contributed by atoms with Gasteiger partial charge in [0, 0.05) is 18.5 Å². The van der Waals surface area contributed by atoms with Crippen molar-refractivity contribution in [2.75, 3.05) is 12.4 Å². The first-order valence-electron chi connectivity index (χ1n) is 5.42. The molecule has 3 N–H and O–H groups in total. The Morgan fingerprint density at radius 3 is 2.78 bits per heavy atom. The van der Waals surface area contributed by atoms with Crippen LogP contribution >= 0.6 is 12.4 Å². The molecule has 102 valence electrons. The molecule has 0 bridgehead atoms. The number of carbonyl (C=O) groups excluding carboxylic acids is 1. The number of rotatable bonds is 5. The molecule has 0 saturated carbocycles. The maximum atomic E-state index is 13.4. The fourth-order valence-electron chi connectivity index (χ4n) is 1.30. The standard InChI is InChI=1S/C12H17FN2O2.ClH/c1-8(14)3-6-12(16)15-11-7-9(17-2)4-5-10(11)13;/h4-5,7-8H,3,6,14H2,1-2H3,(H,15,16);1H. The van der Waals surface area contributed by atoms with Crippen LogP contribution in [0.15, 0.2) is 18.2 Å². The average Bonchev–Trinajstić information content (AvgIpc) is 2.29. The van der Waals surface area contributed by atoms with E-state index in [9.17, 15) is 9.18 Å². The summed E-state index contributed by atoms with van der Waals surface area (Å²) in [5.41, 5.74) is 5.66. The summed E-state index contributed by atoms with van der Waals surface area (Å²) in [5, 5.41) is 2.49. The highest BCUT2D eigenvalue weighted by Crippen LogP contribution is 2.21. The van der Waals surface area contributed by atoms with E-state index in [-0.39, 0.29) is 36.5 Å². The number of ether oxygens (including phenoxy) is 1. The molecular weight excluding hydrogens is 259 g/mol. The van der Waals surface area contributed by atoms with Crippen LogP contribution in [0.1, 0.15) is 19.8 Å². The van der Waals surface area contributed by atoms with E-state index in [4.69, 9.17) is 10.5 Å². The van der Waals surface area contributed by atoms with Crippen LogP contribution in [0.2, 0.25) is 0 Å². The molecule has 0 aromatic heterocycles. The summed E-state index contributed by atoms with van der Waals surface area (Å²) in [6, 6.07) is 4.14. The van der Waals surface area contributed by atoms with Gasteiger partial charge in [0.1, 0.15) is 11.6 Å². The van der Waals surface area contributed by atoms with Gasteiger partial charge in [-0.05, 0) is 25.5 Å². The van der Waals surface area contributed by atoms with Crippen LogP contribution in [0.3, 0.4) is 0 Å². The van der Waals surface area contributed by atoms with Crippen molar-refractivity contribution in [3.63, 3.8) is 0 Å². The lowest BCUT2D eigenvalue weighted by molar-refractivity contribution is -0.116. The van der Waals surface area contributed by atoms with Crippen molar-refractivity contribution in [3.8, 4) is 5.75 Å². The minimum atomic E-state index is -0.486. The van der Waals surface area contributed by atoms with E-state index in [2.05, 4.69) is 5.32 Å². The number of halogens is 2. The maximum Gasteiger partial charge on any atom is 0.224 e. The molecule has 0 saturated heterocycles. The van der Waals surface area contributed by atoms with Crippen molar-refractivity contribution >= 4 is 24.0 Å². The van der Waals surface area contributed by atoms with Crippen LogP contribution in [0, 0.1) is 5.82 Å². The summed E-state index contributed by atoms with van der Waals surface area (Å²) in [6.45, 7) is 1.82. The number of carbonyl (C=O) groups is 1. The smallest absolute Gasteiger partial charge is 0.224 e. The highest BCUT2D eigenvalue weighted by Gasteiger charge is 2.09. The molecule has 0 radical (unpaired) electrons. The van der Waals surface area contributed by atoms with Crippen LogP contribution in [-0.2, 0) is 4.79 Å². The van der Waals surface area contributed by atoms with Gasteiger partial charge in [0.05, 0.1) is 12.8 Å². The fraction of sp³-hybridized carbons (Fsp3) is 0.417. The van der Waals surface area contributed by atoms with E-state index >= 15 is 0 Å². The SMILES string of the molecule is COc1ccc(F)c(NC(=O)CCC(C)N)c1.Cl. The number of nitrogens with one attached hydrogen (secondary N) is 1. The lowest BCUT2D eigenvalue weighted by Crippen LogP contribution is -2.19. The van der Waals surface area contributed by atoms with Gasteiger partial charge in [-0.1, -0.05) is 0 Å². The molecule has 1 atom stereocenters. The first kappa shape index (κ1) is 16.7. The molecule has 1 aromatic rings. The quantitative estimate of drug-likeness (QED) is 0.867. The van der Waals surface area contributed by atoms with Gasteiger partial charge in [0.25, 0.3) is 0 Å². The summed E-state index contributed by atoms with van der Waals surface area (Å²) in [5.74, 6) is -0.247. The van der Waals surface area contributed by atoms with Crippen molar-refractivity contribution in [2.24, 2.45) is 5.73 Å². The van der Waals surface area contributed by atoms with Crippen LogP contribution in [0.25, 0.3) is 0 Å². The number of benzene rings is 1. The first-order chi connectivity index (χ1) is 8.02. The third-order valence-electron chi connectivity index (χ3n) is 2.27. The summed E-state index contributed by atoms with van der Waals surface area (Å²) in [7, 11) is 1.48. The Labute approximate surface area is 112 Å². The average molecular weight is 277 g/mol. The third kappa shape index (κ3) is 5.33. The maximum absolute atomic E-state index is 13.4. The van der Waals surface area contributed by atoms with Crippen molar-refractivity contribution in [1.82, 2.24) is 0 Å². The number of hydrogen-bond donors (Lipinski definition) is 2. The molecule has 1 aromatic carbocycles. The second kappa shape index (κ2) is 7.89. The van der Waals surface area contributed by atoms with Gasteiger partial charge >= 0.3 is 0 Å². The minimum absolute atomic E-state index is 0. The monoisotopic (exact) mass is 276 g/mol. The van der Waals surface area contributed by atoms with Crippen molar-refractivity contribution in [3.05, 3.63) is 24.0 Å². The lowest BCUT2D eigenvalue weighted by atomic mass is 10.2. The number of amides is 1. The normalized spacial score (nSPS) is 11.3. The summed E-state index contributed by atoms with van der Waals surface area (Å²) >= 11 is 0. The largest absolute Gasteiger partial charge is 0.497 e. The zero-order valence-corrected chi connectivity index (χ0v) is 11.2. The topological polar surface area (TPSA) is 64.3 Å². The molecule has 0 fully saturated rings. The molecule has 18 heavy (non-hydrogen) atoms. The number of methoxy groups -OCH3 is 1. The van der Waals surface area contributed by atoms with Gasteiger partial charge < -0.3 is 15.8 Å². The Morgan fingerprint density at radius 2 is 2.22 bits per heavy atom. The van der Waals surface area contributed by atoms with Gasteiger partial charge in [0.2, 0.25) is 5.91 Å². The highest BCUT2D eigenvalue weighted by molar-refractivity contribution is 5.91. The molecule has 1 amide bonds. The molecular formula is C12H18ClFN2O2. The summed E-state index contributed by atoms with van der Waals surface area (Å²) in [4.78, 5) is 11.5. The summed E-state index contributed by atoms with van der Waals surface area (Å²) in [6.07, 6.45) is 0.839. The van der Waals surface area contributed by atoms with Crippen LogP contribution < -0.4 is 15.8 Å². The van der Waals surface area contributed by atoms with Crippen molar-refractivity contribution in [2.45, 2.75) is 25.8 Å². The number of anilines is 1. The lowest BCUT2D eigenvalue weighted by Gasteiger charge is -2.09. The molecule has 0 aliphatic carbocycles. The van der Waals surface area contributed by atoms with E-state index in [0.717, 1.165) is 0 Å². The molecule has 0 heterocycles. The van der Waals surface area contributed by atoms with Crippen LogP contribution in [0.4, 0.5) is 10.1 Å². The summed E-state index contributed by atoms with van der Waals surface area (Å²) < 4.78 is 18.3. The van der Waals surface area contributed by atoms with Crippen molar-refractivity contribution in [1.29, 1.82) is 0 Å². The molecule has 0 aliphatic heterocycles. The Morgan fingerprint density at radius 1 is 1.56 bits per heavy atom. The van der Waals surface area contributed by atoms with Gasteiger partial charge in [0.15, 0.2) is 0 Å². The minimum Gasteiger partial charge on any atom is -0.497 e. The van der Waals surface area contributed by atoms with Crippen molar-refractivity contribution < 1.29 is 13.9 Å². The third-order valence-corrected chi connectivity index (χ3v) is 2.27. The van der Waals surface area contributed by atoms with Crippen LogP contribution in [0.5, 0.6) is 5.75 Å². The van der Waals surface area contributed by atoms with E-state index < -0.39 is 5.82 Å². The van der Waals surface area contributed by atoms with Crippen LogP contribution in [-0.4, -0.2) is 19.1 Å². The second-order valence-corrected chi connectivity index (χ2v) is 3.91.